The second kappa shape index (κ2) is 4.61. The number of rotatable bonds is 2. The van der Waals surface area contributed by atoms with Crippen LogP contribution in [0.15, 0.2) is 24.3 Å². The van der Waals surface area contributed by atoms with Crippen molar-refractivity contribution in [1.29, 1.82) is 0 Å². The minimum absolute atomic E-state index is 0. The van der Waals surface area contributed by atoms with E-state index >= 15 is 0 Å². The van der Waals surface area contributed by atoms with Gasteiger partial charge in [-0.3, -0.25) is 0 Å². The number of hydrogen-bond donors (Lipinski definition) is 1. The topological polar surface area (TPSA) is 40.5 Å². The Morgan fingerprint density at radius 2 is 1.85 bits per heavy atom. The third-order valence-corrected chi connectivity index (χ3v) is 1.32. The molecule has 0 aliphatic rings. The molecular formula is C7H6ClF2NO2. The van der Waals surface area contributed by atoms with Crippen LogP contribution in [0, 0.1) is 0 Å². The lowest BCUT2D eigenvalue weighted by Gasteiger charge is -2.04. The summed E-state index contributed by atoms with van der Waals surface area (Å²) < 4.78 is 23.9. The van der Waals surface area contributed by atoms with Crippen molar-refractivity contribution >= 4 is 24.1 Å². The van der Waals surface area contributed by atoms with Crippen LogP contribution in [0.1, 0.15) is 10.4 Å². The first-order valence-electron chi connectivity index (χ1n) is 3.07. The van der Waals surface area contributed by atoms with Crippen LogP contribution in [0.25, 0.3) is 0 Å². The van der Waals surface area contributed by atoms with E-state index in [2.05, 4.69) is 0 Å². The monoisotopic (exact) mass is 209 g/mol. The summed E-state index contributed by atoms with van der Waals surface area (Å²) in [5.41, 5.74) is -1.02. The van der Waals surface area contributed by atoms with E-state index < -0.39 is 22.6 Å². The molecule has 0 aliphatic carbocycles. The normalized spacial score (nSPS) is 8.77. The van der Waals surface area contributed by atoms with Gasteiger partial charge in [0.15, 0.2) is 0 Å². The van der Waals surface area contributed by atoms with Crippen LogP contribution < -0.4 is 5.34 Å². The van der Waals surface area contributed by atoms with E-state index in [4.69, 9.17) is 5.11 Å². The van der Waals surface area contributed by atoms with Crippen molar-refractivity contribution in [3.63, 3.8) is 0 Å². The molecule has 0 bridgehead atoms. The van der Waals surface area contributed by atoms with Gasteiger partial charge >= 0.3 is 5.97 Å². The fraction of sp³-hybridized carbons (Fsp3) is 0. The van der Waals surface area contributed by atoms with Crippen LogP contribution in [-0.4, -0.2) is 11.1 Å². The number of carboxylic acid groups (broad SMARTS) is 1. The fourth-order valence-corrected chi connectivity index (χ4v) is 0.802. The minimum atomic E-state index is -1.37. The van der Waals surface area contributed by atoms with Gasteiger partial charge < -0.3 is 5.11 Å². The average molecular weight is 210 g/mol. The Balaban J connectivity index is 0.00000144. The molecule has 3 nitrogen and oxygen atoms in total. The van der Waals surface area contributed by atoms with Gasteiger partial charge in [-0.25, -0.2) is 4.79 Å². The van der Waals surface area contributed by atoms with E-state index in [0.717, 1.165) is 12.1 Å². The lowest BCUT2D eigenvalue weighted by Crippen LogP contribution is -2.05. The maximum Gasteiger partial charge on any atom is 0.338 e. The highest BCUT2D eigenvalue weighted by Gasteiger charge is 2.14. The number of hydrogen-bond acceptors (Lipinski definition) is 2. The molecule has 0 spiro atoms. The van der Waals surface area contributed by atoms with Gasteiger partial charge in [0.05, 0.1) is 5.56 Å². The molecule has 1 aromatic carbocycles. The van der Waals surface area contributed by atoms with Crippen molar-refractivity contribution in [2.45, 2.75) is 0 Å². The van der Waals surface area contributed by atoms with E-state index in [1.165, 1.54) is 12.1 Å². The van der Waals surface area contributed by atoms with Crippen LogP contribution in [0.5, 0.6) is 0 Å². The number of aromatic carboxylic acids is 1. The summed E-state index contributed by atoms with van der Waals surface area (Å²) >= 11 is 0. The number of carboxylic acids is 1. The molecule has 0 heterocycles. The highest BCUT2D eigenvalue weighted by atomic mass is 35.5. The molecule has 13 heavy (non-hydrogen) atoms. The van der Waals surface area contributed by atoms with Gasteiger partial charge in [-0.05, 0) is 17.5 Å². The third-order valence-electron chi connectivity index (χ3n) is 1.32. The molecule has 0 fully saturated rings. The summed E-state index contributed by atoms with van der Waals surface area (Å²) in [5, 5.41) is 7.24. The Labute approximate surface area is 78.9 Å². The summed E-state index contributed by atoms with van der Waals surface area (Å²) in [4.78, 5) is 10.4. The number of para-hydroxylation sites is 1. The quantitative estimate of drug-likeness (QED) is 0.761. The van der Waals surface area contributed by atoms with Crippen LogP contribution >= 0.6 is 12.4 Å². The second-order valence-electron chi connectivity index (χ2n) is 2.06. The fourth-order valence-electron chi connectivity index (χ4n) is 0.802. The minimum Gasteiger partial charge on any atom is -0.478 e. The average Bonchev–Trinajstić information content (AvgIpc) is 2.04. The van der Waals surface area contributed by atoms with Gasteiger partial charge in [-0.2, -0.15) is 0 Å². The first-order chi connectivity index (χ1) is 5.63. The first-order valence-corrected chi connectivity index (χ1v) is 3.07. The summed E-state index contributed by atoms with van der Waals surface area (Å²) in [7, 11) is 0. The van der Waals surface area contributed by atoms with E-state index in [1.54, 1.807) is 0 Å². The van der Waals surface area contributed by atoms with Gasteiger partial charge in [0.2, 0.25) is 0 Å². The maximum absolute atomic E-state index is 12.0. The summed E-state index contributed by atoms with van der Waals surface area (Å²) in [6.07, 6.45) is 0. The molecule has 0 aliphatic heterocycles. The van der Waals surface area contributed by atoms with E-state index in [1.807, 2.05) is 0 Å². The van der Waals surface area contributed by atoms with Crippen molar-refractivity contribution in [1.82, 2.24) is 0 Å². The SMILES string of the molecule is Cl.O=C(O)c1ccccc1N(F)F. The molecular weight excluding hydrogens is 204 g/mol. The van der Waals surface area contributed by atoms with Crippen molar-refractivity contribution in [2.24, 2.45) is 0 Å². The zero-order valence-electron chi connectivity index (χ0n) is 6.28. The largest absolute Gasteiger partial charge is 0.478 e. The highest BCUT2D eigenvalue weighted by molar-refractivity contribution is 5.93. The van der Waals surface area contributed by atoms with E-state index in [9.17, 15) is 13.8 Å². The molecule has 0 radical (unpaired) electrons. The van der Waals surface area contributed by atoms with E-state index in [-0.39, 0.29) is 12.4 Å². The Morgan fingerprint density at radius 3 is 2.23 bits per heavy atom. The molecule has 72 valence electrons. The van der Waals surface area contributed by atoms with Crippen LogP contribution in [0.3, 0.4) is 0 Å². The van der Waals surface area contributed by atoms with Gasteiger partial charge in [-0.15, -0.1) is 12.4 Å². The molecule has 6 heteroatoms. The Morgan fingerprint density at radius 1 is 1.31 bits per heavy atom. The van der Waals surface area contributed by atoms with Crippen LogP contribution in [0.4, 0.5) is 14.6 Å². The lowest BCUT2D eigenvalue weighted by atomic mass is 10.2. The van der Waals surface area contributed by atoms with Gasteiger partial charge in [0, 0.05) is 0 Å². The molecule has 0 aromatic heterocycles. The Hall–Kier alpha value is -1.36. The lowest BCUT2D eigenvalue weighted by molar-refractivity contribution is 0.0694. The smallest absolute Gasteiger partial charge is 0.338 e. The van der Waals surface area contributed by atoms with Crippen molar-refractivity contribution in [3.8, 4) is 0 Å². The number of halogens is 3. The second-order valence-corrected chi connectivity index (χ2v) is 2.06. The number of benzene rings is 1. The van der Waals surface area contributed by atoms with Gasteiger partial charge in [-0.1, -0.05) is 21.1 Å². The van der Waals surface area contributed by atoms with Crippen molar-refractivity contribution < 1.29 is 18.9 Å². The highest BCUT2D eigenvalue weighted by Crippen LogP contribution is 2.20. The van der Waals surface area contributed by atoms with Crippen molar-refractivity contribution in [3.05, 3.63) is 29.8 Å². The first kappa shape index (κ1) is 11.6. The number of nitrogens with zero attached hydrogens (tertiary/aromatic N) is 1. The van der Waals surface area contributed by atoms with Crippen LogP contribution in [0.2, 0.25) is 0 Å². The Kier molecular flexibility index (Phi) is 4.13. The molecule has 1 rings (SSSR count). The molecule has 1 N–H and O–H groups in total. The summed E-state index contributed by atoms with van der Waals surface area (Å²) in [6.45, 7) is 0. The zero-order chi connectivity index (χ0) is 9.14. The molecule has 0 amide bonds. The molecule has 0 atom stereocenters. The predicted molar refractivity (Wildman–Crippen MR) is 45.3 cm³/mol. The number of anilines is 1. The third kappa shape index (κ3) is 2.55. The predicted octanol–water partition coefficient (Wildman–Crippen LogP) is 2.38. The molecule has 0 unspecified atom stereocenters. The summed E-state index contributed by atoms with van der Waals surface area (Å²) in [6, 6.07) is 4.87. The summed E-state index contributed by atoms with van der Waals surface area (Å²) in [5.74, 6) is -1.37. The molecule has 0 saturated carbocycles. The zero-order valence-corrected chi connectivity index (χ0v) is 7.09. The molecule has 1 aromatic rings. The Bertz CT molecular complexity index is 306. The molecule has 0 saturated heterocycles. The standard InChI is InChI=1S/C7H5F2NO2.ClH/c8-10(9)6-4-2-1-3-5(6)7(11)12;/h1-4H,(H,11,12);1H. The van der Waals surface area contributed by atoms with Gasteiger partial charge in [0.1, 0.15) is 5.69 Å². The number of carbonyl (C=O) groups is 1. The maximum atomic E-state index is 12.0. The van der Waals surface area contributed by atoms with Crippen molar-refractivity contribution in [2.75, 3.05) is 5.34 Å². The van der Waals surface area contributed by atoms with Crippen LogP contribution in [-0.2, 0) is 0 Å². The van der Waals surface area contributed by atoms with Gasteiger partial charge in [0.25, 0.3) is 0 Å². The van der Waals surface area contributed by atoms with E-state index in [0.29, 0.717) is 0 Å².